The molecule has 0 bridgehead atoms. The summed E-state index contributed by atoms with van der Waals surface area (Å²) in [5, 5.41) is 0. The Balaban J connectivity index is 1.95. The number of aldehydes is 1. The largest absolute Gasteiger partial charge is 0.463 e. The highest BCUT2D eigenvalue weighted by atomic mass is 16.8. The van der Waals surface area contributed by atoms with E-state index in [2.05, 4.69) is 6.58 Å². The molecule has 4 atom stereocenters. The molecule has 0 unspecified atom stereocenters. The third kappa shape index (κ3) is 3.49. The second-order valence-corrected chi connectivity index (χ2v) is 5.30. The van der Waals surface area contributed by atoms with E-state index < -0.39 is 36.4 Å². The van der Waals surface area contributed by atoms with E-state index in [9.17, 15) is 9.59 Å². The summed E-state index contributed by atoms with van der Waals surface area (Å²) in [5.74, 6) is -1.33. The van der Waals surface area contributed by atoms with Crippen LogP contribution in [-0.4, -0.2) is 55.9 Å². The van der Waals surface area contributed by atoms with Crippen molar-refractivity contribution < 1.29 is 33.3 Å². The molecule has 0 saturated carbocycles. The van der Waals surface area contributed by atoms with Crippen molar-refractivity contribution in [3.63, 3.8) is 0 Å². The molecule has 7 heteroatoms. The van der Waals surface area contributed by atoms with Crippen LogP contribution in [-0.2, 0) is 33.3 Å². The highest BCUT2D eigenvalue weighted by molar-refractivity contribution is 5.87. The van der Waals surface area contributed by atoms with Crippen LogP contribution in [0, 0.1) is 0 Å². The first-order valence-electron chi connectivity index (χ1n) is 6.81. The summed E-state index contributed by atoms with van der Waals surface area (Å²) in [7, 11) is 0. The zero-order chi connectivity index (χ0) is 15.6. The lowest BCUT2D eigenvalue weighted by Crippen LogP contribution is -2.38. The maximum atomic E-state index is 11.5. The Labute approximate surface area is 123 Å². The molecule has 2 aliphatic heterocycles. The lowest BCUT2D eigenvalue weighted by atomic mass is 10.1. The van der Waals surface area contributed by atoms with Crippen LogP contribution in [0.15, 0.2) is 12.2 Å². The van der Waals surface area contributed by atoms with Gasteiger partial charge in [0.15, 0.2) is 18.4 Å². The fourth-order valence-corrected chi connectivity index (χ4v) is 2.29. The van der Waals surface area contributed by atoms with Gasteiger partial charge >= 0.3 is 5.97 Å². The Kier molecular flexibility index (Phi) is 4.77. The number of hydrogen-bond acceptors (Lipinski definition) is 7. The molecule has 0 aromatic rings. The molecule has 2 heterocycles. The van der Waals surface area contributed by atoms with Crippen molar-refractivity contribution in [3.8, 4) is 0 Å². The second kappa shape index (κ2) is 6.23. The van der Waals surface area contributed by atoms with Gasteiger partial charge in [-0.15, -0.1) is 0 Å². The fraction of sp³-hybridized carbons (Fsp3) is 0.714. The van der Waals surface area contributed by atoms with Crippen molar-refractivity contribution in [2.75, 3.05) is 13.2 Å². The smallest absolute Gasteiger partial charge is 0.335 e. The molecule has 21 heavy (non-hydrogen) atoms. The predicted octanol–water partition coefficient (Wildman–Crippen LogP) is 0.566. The van der Waals surface area contributed by atoms with Crippen molar-refractivity contribution in [1.29, 1.82) is 0 Å². The minimum atomic E-state index is -0.803. The highest BCUT2D eigenvalue weighted by Gasteiger charge is 2.55. The van der Waals surface area contributed by atoms with Crippen molar-refractivity contribution in [1.82, 2.24) is 0 Å². The maximum absolute atomic E-state index is 11.5. The number of ether oxygens (including phenoxy) is 5. The van der Waals surface area contributed by atoms with Crippen molar-refractivity contribution in [3.05, 3.63) is 12.2 Å². The van der Waals surface area contributed by atoms with Gasteiger partial charge in [-0.2, -0.15) is 0 Å². The first kappa shape index (κ1) is 16.1. The van der Waals surface area contributed by atoms with Gasteiger partial charge < -0.3 is 28.5 Å². The van der Waals surface area contributed by atoms with Gasteiger partial charge in [0.2, 0.25) is 0 Å². The zero-order valence-corrected chi connectivity index (χ0v) is 12.4. The Morgan fingerprint density at radius 3 is 2.71 bits per heavy atom. The van der Waals surface area contributed by atoms with Gasteiger partial charge in [-0.25, -0.2) is 4.79 Å². The van der Waals surface area contributed by atoms with Crippen LogP contribution in [0.1, 0.15) is 20.8 Å². The predicted molar refractivity (Wildman–Crippen MR) is 70.3 cm³/mol. The van der Waals surface area contributed by atoms with Crippen LogP contribution in [0.25, 0.3) is 0 Å². The second-order valence-electron chi connectivity index (χ2n) is 5.30. The summed E-state index contributed by atoms with van der Waals surface area (Å²) in [6.07, 6.45) is -2.00. The molecule has 2 rings (SSSR count). The van der Waals surface area contributed by atoms with Crippen LogP contribution >= 0.6 is 0 Å². The SMILES string of the molecule is C=C(CO[C@@H]1[C@H]2OC(C)(C)O[C@H]2O[C@H]1C=O)C(=O)OCC. The average Bonchev–Trinajstić information content (AvgIpc) is 2.87. The topological polar surface area (TPSA) is 80.3 Å². The van der Waals surface area contributed by atoms with E-state index in [1.54, 1.807) is 20.8 Å². The minimum Gasteiger partial charge on any atom is -0.463 e. The maximum Gasteiger partial charge on any atom is 0.335 e. The van der Waals surface area contributed by atoms with Gasteiger partial charge in [0.05, 0.1) is 18.8 Å². The summed E-state index contributed by atoms with van der Waals surface area (Å²) >= 11 is 0. The van der Waals surface area contributed by atoms with Gasteiger partial charge in [-0.05, 0) is 20.8 Å². The Morgan fingerprint density at radius 1 is 1.38 bits per heavy atom. The van der Waals surface area contributed by atoms with E-state index in [4.69, 9.17) is 23.7 Å². The Morgan fingerprint density at radius 2 is 2.10 bits per heavy atom. The van der Waals surface area contributed by atoms with E-state index in [-0.39, 0.29) is 18.8 Å². The number of hydrogen-bond donors (Lipinski definition) is 0. The van der Waals surface area contributed by atoms with Crippen LogP contribution in [0.3, 0.4) is 0 Å². The average molecular weight is 300 g/mol. The molecule has 2 saturated heterocycles. The van der Waals surface area contributed by atoms with Gasteiger partial charge in [0.1, 0.15) is 18.3 Å². The first-order valence-corrected chi connectivity index (χ1v) is 6.81. The van der Waals surface area contributed by atoms with Crippen molar-refractivity contribution in [2.45, 2.75) is 51.2 Å². The normalized spacial score (nSPS) is 33.5. The molecule has 0 spiro atoms. The third-order valence-corrected chi connectivity index (χ3v) is 3.18. The summed E-state index contributed by atoms with van der Waals surface area (Å²) in [5.41, 5.74) is 0.170. The van der Waals surface area contributed by atoms with Crippen LogP contribution in [0.4, 0.5) is 0 Å². The molecule has 0 amide bonds. The number of esters is 1. The molecule has 2 fully saturated rings. The summed E-state index contributed by atoms with van der Waals surface area (Å²) in [6.45, 7) is 9.00. The molecule has 0 radical (unpaired) electrons. The van der Waals surface area contributed by atoms with E-state index in [0.717, 1.165) is 0 Å². The number of carbonyl (C=O) groups excluding carboxylic acids is 2. The molecular formula is C14H20O7. The van der Waals surface area contributed by atoms with E-state index in [1.165, 1.54) is 0 Å². The molecule has 0 N–H and O–H groups in total. The molecule has 0 aliphatic carbocycles. The number of rotatable bonds is 6. The van der Waals surface area contributed by atoms with Crippen molar-refractivity contribution >= 4 is 12.3 Å². The third-order valence-electron chi connectivity index (χ3n) is 3.18. The summed E-state index contributed by atoms with van der Waals surface area (Å²) < 4.78 is 27.0. The lowest BCUT2D eigenvalue weighted by Gasteiger charge is -2.23. The fourth-order valence-electron chi connectivity index (χ4n) is 2.29. The zero-order valence-electron chi connectivity index (χ0n) is 12.4. The van der Waals surface area contributed by atoms with E-state index in [1.807, 2.05) is 0 Å². The molecule has 0 aromatic heterocycles. The minimum absolute atomic E-state index is 0.0653. The molecule has 7 nitrogen and oxygen atoms in total. The quantitative estimate of drug-likeness (QED) is 0.403. The van der Waals surface area contributed by atoms with Crippen molar-refractivity contribution in [2.24, 2.45) is 0 Å². The molecule has 118 valence electrons. The molecular weight excluding hydrogens is 280 g/mol. The van der Waals surface area contributed by atoms with Gasteiger partial charge in [0.25, 0.3) is 0 Å². The van der Waals surface area contributed by atoms with Gasteiger partial charge in [0, 0.05) is 0 Å². The summed E-state index contributed by atoms with van der Waals surface area (Å²) in [4.78, 5) is 22.5. The number of carbonyl (C=O) groups is 2. The lowest BCUT2D eigenvalue weighted by molar-refractivity contribution is -0.214. The van der Waals surface area contributed by atoms with E-state index in [0.29, 0.717) is 6.29 Å². The molecule has 0 aromatic carbocycles. The molecule has 2 aliphatic rings. The van der Waals surface area contributed by atoms with Crippen LogP contribution < -0.4 is 0 Å². The van der Waals surface area contributed by atoms with E-state index >= 15 is 0 Å². The standard InChI is InChI=1S/C14H20O7/c1-5-17-12(16)8(2)7-18-10-9(6-15)19-13-11(10)20-14(3,4)21-13/h6,9-11,13H,2,5,7H2,1,3-4H3/t9-,10-,11+,13+/m0/s1. The Hall–Kier alpha value is -1.28. The summed E-state index contributed by atoms with van der Waals surface area (Å²) in [6, 6.07) is 0. The first-order chi connectivity index (χ1) is 9.88. The monoisotopic (exact) mass is 300 g/mol. The Bertz CT molecular complexity index is 431. The van der Waals surface area contributed by atoms with Crippen LogP contribution in [0.2, 0.25) is 0 Å². The highest BCUT2D eigenvalue weighted by Crippen LogP contribution is 2.38. The number of fused-ring (bicyclic) bond motifs is 1. The van der Waals surface area contributed by atoms with Gasteiger partial charge in [-0.3, -0.25) is 0 Å². The van der Waals surface area contributed by atoms with Gasteiger partial charge in [-0.1, -0.05) is 6.58 Å². The van der Waals surface area contributed by atoms with Crippen LogP contribution in [0.5, 0.6) is 0 Å².